The van der Waals surface area contributed by atoms with Crippen molar-refractivity contribution in [2.24, 2.45) is 0 Å². The summed E-state index contributed by atoms with van der Waals surface area (Å²) in [7, 11) is -3.50. The molecule has 0 heterocycles. The summed E-state index contributed by atoms with van der Waals surface area (Å²) in [5.74, 6) is 0.347. The lowest BCUT2D eigenvalue weighted by Crippen LogP contribution is -2.31. The van der Waals surface area contributed by atoms with Gasteiger partial charge in [-0.15, -0.1) is 0 Å². The van der Waals surface area contributed by atoms with Crippen LogP contribution in [0.25, 0.3) is 0 Å². The number of sulfonamides is 1. The van der Waals surface area contributed by atoms with Crippen LogP contribution in [0.2, 0.25) is 0 Å². The highest BCUT2D eigenvalue weighted by Crippen LogP contribution is 2.24. The van der Waals surface area contributed by atoms with Crippen LogP contribution in [0.15, 0.2) is 34.7 Å². The van der Waals surface area contributed by atoms with Crippen molar-refractivity contribution in [2.75, 3.05) is 26.2 Å². The molecule has 0 fully saturated rings. The van der Waals surface area contributed by atoms with Crippen LogP contribution in [0.4, 0.5) is 0 Å². The summed E-state index contributed by atoms with van der Waals surface area (Å²) in [5, 5.41) is 2.88. The van der Waals surface area contributed by atoms with Crippen LogP contribution in [0, 0.1) is 6.92 Å². The molecule has 6 nitrogen and oxygen atoms in total. The maximum atomic E-state index is 12.6. The molecule has 1 N–H and O–H groups in total. The van der Waals surface area contributed by atoms with Crippen LogP contribution in [0.3, 0.4) is 0 Å². The molecule has 0 atom stereocenters. The first-order chi connectivity index (χ1) is 13.4. The van der Waals surface area contributed by atoms with Gasteiger partial charge in [-0.05, 0) is 62.8 Å². The number of nitrogens with zero attached hydrogens (tertiary/aromatic N) is 1. The third-order valence-corrected chi connectivity index (χ3v) is 7.05. The van der Waals surface area contributed by atoms with Gasteiger partial charge in [-0.2, -0.15) is 4.31 Å². The molecular weight excluding hydrogens is 376 g/mol. The summed E-state index contributed by atoms with van der Waals surface area (Å²) in [4.78, 5) is 12.2. The second-order valence-electron chi connectivity index (χ2n) is 7.01. The summed E-state index contributed by atoms with van der Waals surface area (Å²) in [6, 6.07) is 4.74. The SMILES string of the molecule is CCN(CC)S(=O)(=O)c1ccc(OCC(=O)NCCC2=CCCCC2)c(C)c1. The largest absolute Gasteiger partial charge is 0.484 e. The van der Waals surface area contributed by atoms with E-state index in [1.54, 1.807) is 19.1 Å². The molecule has 0 aliphatic heterocycles. The first-order valence-corrected chi connectivity index (χ1v) is 11.5. The van der Waals surface area contributed by atoms with Crippen LogP contribution in [-0.4, -0.2) is 44.9 Å². The molecule has 0 saturated carbocycles. The minimum atomic E-state index is -3.50. The predicted molar refractivity (Wildman–Crippen MR) is 111 cm³/mol. The van der Waals surface area contributed by atoms with E-state index in [0.717, 1.165) is 19.3 Å². The minimum Gasteiger partial charge on any atom is -0.484 e. The minimum absolute atomic E-state index is 0.0813. The van der Waals surface area contributed by atoms with Crippen molar-refractivity contribution in [3.05, 3.63) is 35.4 Å². The van der Waals surface area contributed by atoms with E-state index in [-0.39, 0.29) is 17.4 Å². The van der Waals surface area contributed by atoms with Gasteiger partial charge in [-0.1, -0.05) is 25.5 Å². The number of carbonyl (C=O) groups excluding carboxylic acids is 1. The van der Waals surface area contributed by atoms with E-state index >= 15 is 0 Å². The number of nitrogens with one attached hydrogen (secondary N) is 1. The molecule has 1 amide bonds. The van der Waals surface area contributed by atoms with Crippen molar-refractivity contribution in [1.29, 1.82) is 0 Å². The average molecular weight is 409 g/mol. The Bertz CT molecular complexity index is 799. The molecule has 1 aromatic carbocycles. The third-order valence-electron chi connectivity index (χ3n) is 5.00. The molecule has 28 heavy (non-hydrogen) atoms. The molecule has 0 spiro atoms. The van der Waals surface area contributed by atoms with Gasteiger partial charge in [0.05, 0.1) is 4.90 Å². The molecule has 0 saturated heterocycles. The van der Waals surface area contributed by atoms with Crippen LogP contribution < -0.4 is 10.1 Å². The topological polar surface area (TPSA) is 75.7 Å². The Balaban J connectivity index is 1.87. The fourth-order valence-electron chi connectivity index (χ4n) is 3.35. The third kappa shape index (κ3) is 6.07. The van der Waals surface area contributed by atoms with Gasteiger partial charge in [-0.3, -0.25) is 4.79 Å². The van der Waals surface area contributed by atoms with Crippen LogP contribution in [-0.2, 0) is 14.8 Å². The summed E-state index contributed by atoms with van der Waals surface area (Å²) in [6.07, 6.45) is 7.95. The van der Waals surface area contributed by atoms with Gasteiger partial charge in [-0.25, -0.2) is 8.42 Å². The number of ether oxygens (including phenoxy) is 1. The smallest absolute Gasteiger partial charge is 0.257 e. The zero-order chi connectivity index (χ0) is 20.6. The van der Waals surface area contributed by atoms with Crippen molar-refractivity contribution in [3.63, 3.8) is 0 Å². The highest BCUT2D eigenvalue weighted by Gasteiger charge is 2.22. The lowest BCUT2D eigenvalue weighted by atomic mass is 9.97. The monoisotopic (exact) mass is 408 g/mol. The predicted octanol–water partition coefficient (Wildman–Crippen LogP) is 3.41. The highest BCUT2D eigenvalue weighted by molar-refractivity contribution is 7.89. The molecule has 0 unspecified atom stereocenters. The molecular formula is C21H32N2O4S. The van der Waals surface area contributed by atoms with E-state index < -0.39 is 10.0 Å². The van der Waals surface area contributed by atoms with Gasteiger partial charge in [0.25, 0.3) is 5.91 Å². The van der Waals surface area contributed by atoms with Crippen molar-refractivity contribution in [1.82, 2.24) is 9.62 Å². The Hall–Kier alpha value is -1.86. The van der Waals surface area contributed by atoms with Gasteiger partial charge in [0, 0.05) is 19.6 Å². The van der Waals surface area contributed by atoms with Crippen LogP contribution in [0.1, 0.15) is 51.5 Å². The van der Waals surface area contributed by atoms with E-state index in [0.29, 0.717) is 30.9 Å². The Morgan fingerprint density at radius 2 is 1.96 bits per heavy atom. The van der Waals surface area contributed by atoms with Crippen molar-refractivity contribution in [2.45, 2.75) is 57.8 Å². The second-order valence-corrected chi connectivity index (χ2v) is 8.95. The first kappa shape index (κ1) is 22.4. The summed E-state index contributed by atoms with van der Waals surface area (Å²) < 4.78 is 32.2. The lowest BCUT2D eigenvalue weighted by molar-refractivity contribution is -0.123. The highest BCUT2D eigenvalue weighted by atomic mass is 32.2. The maximum Gasteiger partial charge on any atom is 0.257 e. The van der Waals surface area contributed by atoms with Crippen molar-refractivity contribution >= 4 is 15.9 Å². The molecule has 7 heteroatoms. The van der Waals surface area contributed by atoms with Crippen LogP contribution in [0.5, 0.6) is 5.75 Å². The summed E-state index contributed by atoms with van der Waals surface area (Å²) in [5.41, 5.74) is 2.11. The van der Waals surface area contributed by atoms with E-state index in [4.69, 9.17) is 4.74 Å². The van der Waals surface area contributed by atoms with Gasteiger partial charge >= 0.3 is 0 Å². The fourth-order valence-corrected chi connectivity index (χ4v) is 4.89. The number of amides is 1. The van der Waals surface area contributed by atoms with E-state index in [2.05, 4.69) is 11.4 Å². The molecule has 0 radical (unpaired) electrons. The maximum absolute atomic E-state index is 12.6. The van der Waals surface area contributed by atoms with Crippen molar-refractivity contribution in [3.8, 4) is 5.75 Å². The van der Waals surface area contributed by atoms with Gasteiger partial charge in [0.15, 0.2) is 6.61 Å². The van der Waals surface area contributed by atoms with Gasteiger partial charge < -0.3 is 10.1 Å². The van der Waals surface area contributed by atoms with E-state index in [9.17, 15) is 13.2 Å². The number of hydrogen-bond donors (Lipinski definition) is 1. The molecule has 0 aromatic heterocycles. The number of hydrogen-bond acceptors (Lipinski definition) is 4. The Morgan fingerprint density at radius 1 is 1.21 bits per heavy atom. The molecule has 1 aliphatic carbocycles. The lowest BCUT2D eigenvalue weighted by Gasteiger charge is -2.19. The van der Waals surface area contributed by atoms with E-state index in [1.165, 1.54) is 28.8 Å². The zero-order valence-electron chi connectivity index (χ0n) is 17.2. The Morgan fingerprint density at radius 3 is 2.57 bits per heavy atom. The Kier molecular flexibility index (Phi) is 8.51. The normalized spacial score (nSPS) is 14.6. The molecule has 156 valence electrons. The Labute approximate surface area is 169 Å². The second kappa shape index (κ2) is 10.6. The summed E-state index contributed by atoms with van der Waals surface area (Å²) in [6.45, 7) is 6.80. The quantitative estimate of drug-likeness (QED) is 0.602. The van der Waals surface area contributed by atoms with E-state index in [1.807, 2.05) is 13.8 Å². The van der Waals surface area contributed by atoms with Gasteiger partial charge in [0.1, 0.15) is 5.75 Å². The molecule has 2 rings (SSSR count). The molecule has 1 aliphatic rings. The number of rotatable bonds is 10. The number of benzene rings is 1. The number of carbonyl (C=O) groups is 1. The zero-order valence-corrected chi connectivity index (χ0v) is 18.0. The number of allylic oxidation sites excluding steroid dienone is 1. The first-order valence-electron chi connectivity index (χ1n) is 10.1. The standard InChI is InChI=1S/C21H32N2O4S/c1-4-23(5-2)28(25,26)19-11-12-20(17(3)15-19)27-16-21(24)22-14-13-18-9-7-6-8-10-18/h9,11-12,15H,4-8,10,13-14,16H2,1-3H3,(H,22,24). The fraction of sp³-hybridized carbons (Fsp3) is 0.571. The summed E-state index contributed by atoms with van der Waals surface area (Å²) >= 11 is 0. The average Bonchev–Trinajstić information content (AvgIpc) is 2.68. The molecule has 0 bridgehead atoms. The molecule has 1 aromatic rings. The van der Waals surface area contributed by atoms with Crippen molar-refractivity contribution < 1.29 is 17.9 Å². The number of aryl methyl sites for hydroxylation is 1. The van der Waals surface area contributed by atoms with Gasteiger partial charge in [0.2, 0.25) is 10.0 Å². The van der Waals surface area contributed by atoms with Crippen LogP contribution >= 0.6 is 0 Å².